The van der Waals surface area contributed by atoms with Gasteiger partial charge in [-0.05, 0) is 19.8 Å². The molecule has 28 heavy (non-hydrogen) atoms. The highest BCUT2D eigenvalue weighted by Crippen LogP contribution is 2.36. The molecule has 12 heteroatoms. The maximum Gasteiger partial charge on any atom is 0.198 e. The summed E-state index contributed by atoms with van der Waals surface area (Å²) >= 11 is 4.50. The number of aliphatic hydroxyl groups excluding tert-OH is 3. The number of nitrogens with two attached hydrogens (primary N) is 1. The Morgan fingerprint density at radius 2 is 2.11 bits per heavy atom. The van der Waals surface area contributed by atoms with Gasteiger partial charge in [0.1, 0.15) is 35.2 Å². The molecule has 0 radical (unpaired) electrons. The molecule has 0 spiro atoms. The van der Waals surface area contributed by atoms with E-state index in [-0.39, 0.29) is 0 Å². The van der Waals surface area contributed by atoms with E-state index in [2.05, 4.69) is 38.2 Å². The molecule has 5 atom stereocenters. The van der Waals surface area contributed by atoms with Crippen LogP contribution in [-0.4, -0.2) is 74.7 Å². The number of aliphatic hydroxyl groups is 3. The Morgan fingerprint density at radius 1 is 1.36 bits per heavy atom. The standard InChI is InChI=1S/C16H27N7O4S/c1-8(17)18-4-2-3-5-19-16-21-13-10(14(28)22-16)20-7-23(13)15-12(26)11(25)9(6-24)27-15/h7,9,11-12,14-15,24-26,28H,2-6H2,1H3,(H2,17,18)(H2,19,21,22)/t9-,11+,12?,14?,15-/m1/s1. The third-order valence-electron chi connectivity index (χ3n) is 4.58. The molecule has 1 aromatic heterocycles. The quantitative estimate of drug-likeness (QED) is 0.129. The average molecular weight is 414 g/mol. The molecule has 1 aromatic rings. The first kappa shape index (κ1) is 20.9. The van der Waals surface area contributed by atoms with Gasteiger partial charge in [-0.2, -0.15) is 0 Å². The molecule has 2 aliphatic heterocycles. The molecule has 0 aliphatic carbocycles. The summed E-state index contributed by atoms with van der Waals surface area (Å²) in [5.74, 6) is 1.67. The monoisotopic (exact) mass is 413 g/mol. The average Bonchev–Trinajstić information content (AvgIpc) is 3.20. The number of aromatic nitrogens is 2. The van der Waals surface area contributed by atoms with Crippen LogP contribution < -0.4 is 16.4 Å². The minimum absolute atomic E-state index is 0.391. The molecule has 3 heterocycles. The van der Waals surface area contributed by atoms with Crippen LogP contribution in [0, 0.1) is 0 Å². The Hall–Kier alpha value is -1.86. The Bertz CT molecular complexity index is 737. The zero-order valence-corrected chi connectivity index (χ0v) is 16.5. The third-order valence-corrected chi connectivity index (χ3v) is 4.95. The summed E-state index contributed by atoms with van der Waals surface area (Å²) < 4.78 is 7.17. The lowest BCUT2D eigenvalue weighted by Crippen LogP contribution is -2.39. The molecular formula is C16H27N7O4S. The van der Waals surface area contributed by atoms with Gasteiger partial charge in [-0.3, -0.25) is 14.6 Å². The van der Waals surface area contributed by atoms with Gasteiger partial charge < -0.3 is 36.4 Å². The van der Waals surface area contributed by atoms with Gasteiger partial charge in [-0.25, -0.2) is 4.98 Å². The molecule has 0 saturated carbocycles. The number of aliphatic imine (C=N–C) groups is 2. The zero-order chi connectivity index (χ0) is 20.3. The van der Waals surface area contributed by atoms with Gasteiger partial charge in [0, 0.05) is 13.1 Å². The van der Waals surface area contributed by atoms with Gasteiger partial charge in [0.2, 0.25) is 0 Å². The summed E-state index contributed by atoms with van der Waals surface area (Å²) in [6, 6.07) is 0. The first-order valence-electron chi connectivity index (χ1n) is 9.14. The van der Waals surface area contributed by atoms with E-state index < -0.39 is 36.5 Å². The zero-order valence-electron chi connectivity index (χ0n) is 15.6. The highest BCUT2D eigenvalue weighted by molar-refractivity contribution is 7.80. The molecule has 3 rings (SSSR count). The Balaban J connectivity index is 1.67. The predicted octanol–water partition coefficient (Wildman–Crippen LogP) is -1.05. The lowest BCUT2D eigenvalue weighted by molar-refractivity contribution is -0.0518. The van der Waals surface area contributed by atoms with Crippen LogP contribution in [0.3, 0.4) is 0 Å². The number of unbranched alkanes of at least 4 members (excludes halogenated alkanes) is 1. The first-order chi connectivity index (χ1) is 13.4. The number of anilines is 1. The van der Waals surface area contributed by atoms with Crippen LogP contribution in [0.4, 0.5) is 5.82 Å². The van der Waals surface area contributed by atoms with E-state index >= 15 is 0 Å². The van der Waals surface area contributed by atoms with E-state index in [1.54, 1.807) is 11.5 Å². The van der Waals surface area contributed by atoms with Crippen LogP contribution in [0.25, 0.3) is 0 Å². The van der Waals surface area contributed by atoms with Crippen molar-refractivity contribution < 1.29 is 20.1 Å². The first-order valence-corrected chi connectivity index (χ1v) is 9.65. The Labute approximate surface area is 168 Å². The summed E-state index contributed by atoms with van der Waals surface area (Å²) in [4.78, 5) is 12.9. The second-order valence-corrected chi connectivity index (χ2v) is 7.26. The third kappa shape index (κ3) is 4.41. The summed E-state index contributed by atoms with van der Waals surface area (Å²) in [7, 11) is 0. The number of hydrogen-bond acceptors (Lipinski definition) is 8. The van der Waals surface area contributed by atoms with Crippen molar-refractivity contribution in [1.82, 2.24) is 14.9 Å². The van der Waals surface area contributed by atoms with Gasteiger partial charge >= 0.3 is 0 Å². The minimum atomic E-state index is -1.20. The number of thiol groups is 1. The Morgan fingerprint density at radius 3 is 2.79 bits per heavy atom. The largest absolute Gasteiger partial charge is 0.394 e. The normalized spacial score (nSPS) is 31.5. The lowest BCUT2D eigenvalue weighted by Gasteiger charge is -2.26. The van der Waals surface area contributed by atoms with Crippen molar-refractivity contribution in [1.29, 1.82) is 0 Å². The van der Waals surface area contributed by atoms with E-state index in [0.29, 0.717) is 36.4 Å². The van der Waals surface area contributed by atoms with Gasteiger partial charge in [0.15, 0.2) is 12.2 Å². The van der Waals surface area contributed by atoms with Gasteiger partial charge in [-0.1, -0.05) is 0 Å². The number of ether oxygens (including phenoxy) is 1. The minimum Gasteiger partial charge on any atom is -0.394 e. The number of nitrogens with one attached hydrogen (secondary N) is 2. The second kappa shape index (κ2) is 9.09. The number of guanidine groups is 1. The van der Waals surface area contributed by atoms with Crippen molar-refractivity contribution >= 4 is 30.2 Å². The fourth-order valence-corrected chi connectivity index (χ4v) is 3.42. The summed E-state index contributed by atoms with van der Waals surface area (Å²) in [6.45, 7) is 2.63. The molecule has 1 fully saturated rings. The molecule has 7 N–H and O–H groups in total. The van der Waals surface area contributed by atoms with E-state index in [4.69, 9.17) is 10.5 Å². The highest BCUT2D eigenvalue weighted by Gasteiger charge is 2.44. The van der Waals surface area contributed by atoms with Crippen molar-refractivity contribution in [3.63, 3.8) is 0 Å². The van der Waals surface area contributed by atoms with Crippen LogP contribution in [-0.2, 0) is 4.74 Å². The summed E-state index contributed by atoms with van der Waals surface area (Å²) in [5, 5.41) is 35.4. The van der Waals surface area contributed by atoms with E-state index in [1.165, 1.54) is 6.33 Å². The second-order valence-electron chi connectivity index (χ2n) is 6.75. The number of amidine groups is 1. The van der Waals surface area contributed by atoms with Crippen molar-refractivity contribution in [2.45, 2.75) is 49.7 Å². The molecule has 156 valence electrons. The fraction of sp³-hybridized carbons (Fsp3) is 0.688. The Kier molecular flexibility index (Phi) is 6.78. The molecular weight excluding hydrogens is 386 g/mol. The number of hydrogen-bond donors (Lipinski definition) is 7. The van der Waals surface area contributed by atoms with Crippen LogP contribution >= 0.6 is 12.6 Å². The van der Waals surface area contributed by atoms with Crippen molar-refractivity contribution in [3.05, 3.63) is 12.0 Å². The van der Waals surface area contributed by atoms with Crippen molar-refractivity contribution in [2.75, 3.05) is 25.0 Å². The van der Waals surface area contributed by atoms with E-state index in [9.17, 15) is 15.3 Å². The van der Waals surface area contributed by atoms with Gasteiger partial charge in [0.25, 0.3) is 0 Å². The van der Waals surface area contributed by atoms with Gasteiger partial charge in [-0.15, -0.1) is 12.6 Å². The van der Waals surface area contributed by atoms with Crippen molar-refractivity contribution in [2.24, 2.45) is 15.7 Å². The maximum absolute atomic E-state index is 10.3. The van der Waals surface area contributed by atoms with Crippen LogP contribution in [0.15, 0.2) is 16.3 Å². The summed E-state index contributed by atoms with van der Waals surface area (Å²) in [5.41, 5.74) is 6.12. The molecule has 0 aromatic carbocycles. The molecule has 0 amide bonds. The number of rotatable bonds is 7. The molecule has 0 bridgehead atoms. The molecule has 2 unspecified atom stereocenters. The van der Waals surface area contributed by atoms with Crippen molar-refractivity contribution in [3.8, 4) is 0 Å². The maximum atomic E-state index is 10.3. The number of nitrogens with zero attached hydrogens (tertiary/aromatic N) is 4. The van der Waals surface area contributed by atoms with Crippen LogP contribution in [0.5, 0.6) is 0 Å². The fourth-order valence-electron chi connectivity index (χ4n) is 3.11. The smallest absolute Gasteiger partial charge is 0.198 e. The topological polar surface area (TPSA) is 163 Å². The van der Waals surface area contributed by atoms with Gasteiger partial charge in [0.05, 0.1) is 18.8 Å². The molecule has 11 nitrogen and oxygen atoms in total. The lowest BCUT2D eigenvalue weighted by atomic mass is 10.1. The number of fused-ring (bicyclic) bond motifs is 1. The molecule has 2 aliphatic rings. The predicted molar refractivity (Wildman–Crippen MR) is 107 cm³/mol. The number of imidazole rings is 1. The summed E-state index contributed by atoms with van der Waals surface area (Å²) in [6.07, 6.45) is -0.901. The van der Waals surface area contributed by atoms with E-state index in [0.717, 1.165) is 12.8 Å². The molecule has 1 saturated heterocycles. The highest BCUT2D eigenvalue weighted by atomic mass is 32.1. The SMILES string of the molecule is CC(N)=NCCCCN=C1Nc2c(ncn2[C@@H]2O[C@H](CO)[C@H](O)C2O)C(S)N1. The van der Waals surface area contributed by atoms with Crippen LogP contribution in [0.2, 0.25) is 0 Å². The van der Waals surface area contributed by atoms with Crippen LogP contribution in [0.1, 0.15) is 37.1 Å². The van der Waals surface area contributed by atoms with E-state index in [1.807, 2.05) is 0 Å².